The van der Waals surface area contributed by atoms with Crippen molar-refractivity contribution in [2.24, 2.45) is 0 Å². The van der Waals surface area contributed by atoms with Crippen LogP contribution in [0.25, 0.3) is 0 Å². The van der Waals surface area contributed by atoms with Crippen LogP contribution in [0.15, 0.2) is 35.2 Å². The van der Waals surface area contributed by atoms with Crippen molar-refractivity contribution in [2.45, 2.75) is 17.7 Å². The van der Waals surface area contributed by atoms with Crippen molar-refractivity contribution in [1.82, 2.24) is 5.32 Å². The first-order valence-corrected chi connectivity index (χ1v) is 5.74. The average Bonchev–Trinajstić information content (AvgIpc) is 2.19. The van der Waals surface area contributed by atoms with Gasteiger partial charge in [0.25, 0.3) is 0 Å². The zero-order valence-electron chi connectivity index (χ0n) is 8.12. The molecular weight excluding hydrogens is 178 g/mol. The highest BCUT2D eigenvalue weighted by Crippen LogP contribution is 2.17. The van der Waals surface area contributed by atoms with E-state index in [1.165, 1.54) is 23.5 Å². The second-order valence-electron chi connectivity index (χ2n) is 2.97. The summed E-state index contributed by atoms with van der Waals surface area (Å²) in [6.45, 7) is 1.13. The van der Waals surface area contributed by atoms with E-state index in [-0.39, 0.29) is 0 Å². The van der Waals surface area contributed by atoms with Gasteiger partial charge < -0.3 is 5.32 Å². The van der Waals surface area contributed by atoms with Crippen LogP contribution in [0, 0.1) is 0 Å². The highest BCUT2D eigenvalue weighted by atomic mass is 32.2. The molecule has 0 aliphatic heterocycles. The molecule has 72 valence electrons. The molecule has 0 radical (unpaired) electrons. The number of benzene rings is 1. The Morgan fingerprint density at radius 1 is 1.15 bits per heavy atom. The normalized spacial score (nSPS) is 10.2. The van der Waals surface area contributed by atoms with Crippen molar-refractivity contribution < 1.29 is 0 Å². The molecule has 2 heteroatoms. The van der Waals surface area contributed by atoms with Crippen LogP contribution in [0.1, 0.15) is 12.8 Å². The molecule has 0 fully saturated rings. The number of unbranched alkanes of at least 4 members (excludes halogenated alkanes) is 1. The summed E-state index contributed by atoms with van der Waals surface area (Å²) in [6.07, 6.45) is 2.57. The van der Waals surface area contributed by atoms with Crippen molar-refractivity contribution in [3.63, 3.8) is 0 Å². The first kappa shape index (κ1) is 10.6. The topological polar surface area (TPSA) is 12.0 Å². The molecule has 1 aromatic rings. The molecule has 1 rings (SSSR count). The zero-order chi connectivity index (χ0) is 9.36. The number of hydrogen-bond acceptors (Lipinski definition) is 2. The van der Waals surface area contributed by atoms with E-state index in [1.807, 2.05) is 18.8 Å². The van der Waals surface area contributed by atoms with Crippen molar-refractivity contribution in [2.75, 3.05) is 19.3 Å². The summed E-state index contributed by atoms with van der Waals surface area (Å²) in [5, 5.41) is 3.16. The monoisotopic (exact) mass is 195 g/mol. The molecule has 0 aliphatic carbocycles. The third-order valence-corrected chi connectivity index (χ3v) is 2.93. The second kappa shape index (κ2) is 6.98. The van der Waals surface area contributed by atoms with Crippen molar-refractivity contribution in [3.05, 3.63) is 30.3 Å². The van der Waals surface area contributed by atoms with Gasteiger partial charge in [0.15, 0.2) is 0 Å². The van der Waals surface area contributed by atoms with Gasteiger partial charge in [-0.3, -0.25) is 0 Å². The first-order valence-electron chi connectivity index (χ1n) is 4.76. The molecule has 1 aromatic carbocycles. The van der Waals surface area contributed by atoms with Gasteiger partial charge in [0.1, 0.15) is 0 Å². The Labute approximate surface area is 84.9 Å². The van der Waals surface area contributed by atoms with E-state index >= 15 is 0 Å². The summed E-state index contributed by atoms with van der Waals surface area (Å²) in [6, 6.07) is 10.6. The van der Waals surface area contributed by atoms with Crippen molar-refractivity contribution >= 4 is 11.8 Å². The third-order valence-electron chi connectivity index (χ3n) is 1.83. The van der Waals surface area contributed by atoms with Crippen LogP contribution in [0.4, 0.5) is 0 Å². The Hall–Kier alpha value is -0.470. The summed E-state index contributed by atoms with van der Waals surface area (Å²) in [5.74, 6) is 1.23. The summed E-state index contributed by atoms with van der Waals surface area (Å²) < 4.78 is 0. The Balaban J connectivity index is 2.07. The predicted octanol–water partition coefficient (Wildman–Crippen LogP) is 2.78. The molecule has 0 heterocycles. The number of rotatable bonds is 6. The molecule has 0 spiro atoms. The summed E-state index contributed by atoms with van der Waals surface area (Å²) in [7, 11) is 2.00. The lowest BCUT2D eigenvalue weighted by Crippen LogP contribution is -2.07. The molecule has 0 aromatic heterocycles. The lowest BCUT2D eigenvalue weighted by molar-refractivity contribution is 0.715. The van der Waals surface area contributed by atoms with Crippen LogP contribution >= 0.6 is 11.8 Å². The van der Waals surface area contributed by atoms with Gasteiger partial charge in [-0.1, -0.05) is 18.2 Å². The predicted molar refractivity (Wildman–Crippen MR) is 60.3 cm³/mol. The highest BCUT2D eigenvalue weighted by molar-refractivity contribution is 7.99. The molecule has 0 unspecified atom stereocenters. The van der Waals surface area contributed by atoms with Crippen molar-refractivity contribution in [1.29, 1.82) is 0 Å². The summed E-state index contributed by atoms with van der Waals surface area (Å²) >= 11 is 1.94. The molecule has 1 nitrogen and oxygen atoms in total. The fraction of sp³-hybridized carbons (Fsp3) is 0.455. The molecule has 13 heavy (non-hydrogen) atoms. The maximum Gasteiger partial charge on any atom is 0.00719 e. The van der Waals surface area contributed by atoms with Gasteiger partial charge in [0.05, 0.1) is 0 Å². The van der Waals surface area contributed by atoms with Crippen LogP contribution in [0.3, 0.4) is 0 Å². The largest absolute Gasteiger partial charge is 0.320 e. The minimum absolute atomic E-state index is 1.13. The van der Waals surface area contributed by atoms with E-state index in [9.17, 15) is 0 Å². The van der Waals surface area contributed by atoms with Gasteiger partial charge in [0, 0.05) is 4.90 Å². The lowest BCUT2D eigenvalue weighted by Gasteiger charge is -2.00. The Kier molecular flexibility index (Phi) is 5.70. The molecule has 0 bridgehead atoms. The fourth-order valence-corrected chi connectivity index (χ4v) is 2.04. The van der Waals surface area contributed by atoms with E-state index in [4.69, 9.17) is 0 Å². The van der Waals surface area contributed by atoms with Gasteiger partial charge >= 0.3 is 0 Å². The minimum atomic E-state index is 1.13. The quantitative estimate of drug-likeness (QED) is 0.553. The fourth-order valence-electron chi connectivity index (χ4n) is 1.11. The van der Waals surface area contributed by atoms with Gasteiger partial charge in [-0.2, -0.15) is 0 Å². The Morgan fingerprint density at radius 2 is 1.92 bits per heavy atom. The maximum atomic E-state index is 3.16. The Morgan fingerprint density at radius 3 is 2.62 bits per heavy atom. The van der Waals surface area contributed by atoms with E-state index < -0.39 is 0 Å². The van der Waals surface area contributed by atoms with Crippen LogP contribution in [0.2, 0.25) is 0 Å². The van der Waals surface area contributed by atoms with Gasteiger partial charge in [-0.25, -0.2) is 0 Å². The van der Waals surface area contributed by atoms with Crippen LogP contribution in [0.5, 0.6) is 0 Å². The standard InChI is InChI=1S/C11H17NS/c1-12-9-5-6-10-13-11-7-3-2-4-8-11/h2-4,7-8,12H,5-6,9-10H2,1H3. The molecule has 0 saturated heterocycles. The van der Waals surface area contributed by atoms with E-state index in [2.05, 4.69) is 35.6 Å². The SMILES string of the molecule is CNCCCCSc1ccccc1. The third kappa shape index (κ3) is 4.96. The first-order chi connectivity index (χ1) is 6.43. The molecule has 1 N–H and O–H groups in total. The van der Waals surface area contributed by atoms with E-state index in [1.54, 1.807) is 0 Å². The Bertz CT molecular complexity index is 211. The summed E-state index contributed by atoms with van der Waals surface area (Å²) in [4.78, 5) is 1.38. The van der Waals surface area contributed by atoms with E-state index in [0.717, 1.165) is 6.54 Å². The number of nitrogens with one attached hydrogen (secondary N) is 1. The maximum absolute atomic E-state index is 3.16. The van der Waals surface area contributed by atoms with Gasteiger partial charge in [0.2, 0.25) is 0 Å². The number of thioether (sulfide) groups is 1. The summed E-state index contributed by atoms with van der Waals surface area (Å²) in [5.41, 5.74) is 0. The van der Waals surface area contributed by atoms with Gasteiger partial charge in [-0.15, -0.1) is 11.8 Å². The second-order valence-corrected chi connectivity index (χ2v) is 4.14. The van der Waals surface area contributed by atoms with Crippen LogP contribution < -0.4 is 5.32 Å². The smallest absolute Gasteiger partial charge is 0.00719 e. The van der Waals surface area contributed by atoms with Gasteiger partial charge in [-0.05, 0) is 44.3 Å². The molecule has 0 aliphatic rings. The van der Waals surface area contributed by atoms with Crippen LogP contribution in [-0.2, 0) is 0 Å². The molecule has 0 saturated carbocycles. The minimum Gasteiger partial charge on any atom is -0.320 e. The molecule has 0 amide bonds. The number of hydrogen-bond donors (Lipinski definition) is 1. The van der Waals surface area contributed by atoms with Crippen LogP contribution in [-0.4, -0.2) is 19.3 Å². The molecular formula is C11H17NS. The highest BCUT2D eigenvalue weighted by Gasteiger charge is 1.91. The average molecular weight is 195 g/mol. The lowest BCUT2D eigenvalue weighted by atomic mass is 10.3. The molecule has 0 atom stereocenters. The van der Waals surface area contributed by atoms with E-state index in [0.29, 0.717) is 0 Å². The van der Waals surface area contributed by atoms with Crippen molar-refractivity contribution in [3.8, 4) is 0 Å². The zero-order valence-corrected chi connectivity index (χ0v) is 8.94.